The first-order valence-electron chi connectivity index (χ1n) is 17.0. The molecule has 11 nitrogen and oxygen atoms in total. The fourth-order valence-electron chi connectivity index (χ4n) is 6.40. The van der Waals surface area contributed by atoms with Crippen LogP contribution >= 0.6 is 11.6 Å². The van der Waals surface area contributed by atoms with Crippen molar-refractivity contribution >= 4 is 40.3 Å². The van der Waals surface area contributed by atoms with Crippen molar-refractivity contribution in [2.75, 3.05) is 5.32 Å². The molecular formula is C38H34ClF6N7O4. The molecule has 4 N–H and O–H groups in total. The topological polar surface area (TPSA) is 147 Å². The number of aryl methyl sites for hydroxylation is 1. The van der Waals surface area contributed by atoms with Crippen LogP contribution in [0.15, 0.2) is 42.5 Å². The molecule has 1 aliphatic rings. The first kappa shape index (κ1) is 40.2. The Morgan fingerprint density at radius 2 is 1.66 bits per heavy atom. The molecule has 56 heavy (non-hydrogen) atoms. The highest BCUT2D eigenvalue weighted by Crippen LogP contribution is 2.45. The van der Waals surface area contributed by atoms with Crippen molar-refractivity contribution in [1.29, 1.82) is 0 Å². The van der Waals surface area contributed by atoms with Crippen molar-refractivity contribution in [3.8, 4) is 23.0 Å². The van der Waals surface area contributed by atoms with E-state index in [-0.39, 0.29) is 43.4 Å². The number of amides is 2. The smallest absolute Gasteiger partial charge is 0.343 e. The minimum atomic E-state index is -3.68. The van der Waals surface area contributed by atoms with Crippen molar-refractivity contribution in [1.82, 2.24) is 29.9 Å². The number of hydrogen-bond donors (Lipinski definition) is 4. The van der Waals surface area contributed by atoms with Gasteiger partial charge in [0.1, 0.15) is 39.9 Å². The summed E-state index contributed by atoms with van der Waals surface area (Å²) in [5.74, 6) is -1.09. The summed E-state index contributed by atoms with van der Waals surface area (Å²) in [5, 5.41) is 34.0. The maximum absolute atomic E-state index is 15.1. The highest BCUT2D eigenvalue weighted by molar-refractivity contribution is 6.37. The molecule has 0 bridgehead atoms. The molecule has 0 saturated heterocycles. The quantitative estimate of drug-likeness (QED) is 0.0966. The summed E-state index contributed by atoms with van der Waals surface area (Å²) >= 11 is 6.63. The molecule has 18 heteroatoms. The van der Waals surface area contributed by atoms with Crippen LogP contribution in [0, 0.1) is 23.5 Å². The lowest BCUT2D eigenvalue weighted by molar-refractivity contribution is -0.130. The van der Waals surface area contributed by atoms with Gasteiger partial charge in [0, 0.05) is 36.2 Å². The fourth-order valence-corrected chi connectivity index (χ4v) is 6.64. The van der Waals surface area contributed by atoms with E-state index < -0.39 is 89.4 Å². The van der Waals surface area contributed by atoms with E-state index in [1.54, 1.807) is 6.07 Å². The zero-order valence-electron chi connectivity index (χ0n) is 30.4. The van der Waals surface area contributed by atoms with E-state index in [4.69, 9.17) is 11.6 Å². The molecule has 1 atom stereocenters. The monoisotopic (exact) mass is 801 g/mol. The van der Waals surface area contributed by atoms with Crippen molar-refractivity contribution in [3.05, 3.63) is 93.0 Å². The maximum atomic E-state index is 15.1. The summed E-state index contributed by atoms with van der Waals surface area (Å²) in [6.45, 7) is 5.38. The van der Waals surface area contributed by atoms with Crippen LogP contribution in [0.25, 0.3) is 22.0 Å². The number of nitrogens with zero attached hydrogens (tertiary/aromatic N) is 5. The number of halogens is 7. The standard InChI is InChI=1S/C38H34ClF6N7O4/c1-36(2,55)12-10-21-6-7-22(23-8-9-25(39)27-30(23)51(5)50-33(27)48-34(53)37(3,4)56)28(46-21)26(16-18-14-19(40)17-20(41)15-18)47-35(54)52-31-24(11-13-38(31,44)45)29(49-52)32(42)43/h6-9,14-15,17,26,32,55-56H,11,13,16H2,1-5H3,(H,47,54)(H,48,50,53). The van der Waals surface area contributed by atoms with Gasteiger partial charge in [0.25, 0.3) is 18.3 Å². The molecule has 6 rings (SSSR count). The summed E-state index contributed by atoms with van der Waals surface area (Å²) < 4.78 is 88.9. The van der Waals surface area contributed by atoms with E-state index in [2.05, 4.69) is 37.7 Å². The summed E-state index contributed by atoms with van der Waals surface area (Å²) in [5.41, 5.74) is -4.93. The second-order valence-electron chi connectivity index (χ2n) is 14.4. The van der Waals surface area contributed by atoms with Gasteiger partial charge in [-0.15, -0.1) is 0 Å². The van der Waals surface area contributed by atoms with Crippen LogP contribution in [0.1, 0.15) is 80.5 Å². The Labute approximate surface area is 320 Å². The maximum Gasteiger partial charge on any atom is 0.343 e. The average Bonchev–Trinajstić information content (AvgIpc) is 3.74. The van der Waals surface area contributed by atoms with Crippen LogP contribution in [0.5, 0.6) is 0 Å². The molecule has 2 amide bonds. The van der Waals surface area contributed by atoms with E-state index in [1.807, 2.05) is 0 Å². The highest BCUT2D eigenvalue weighted by Gasteiger charge is 2.47. The van der Waals surface area contributed by atoms with Gasteiger partial charge in [-0.2, -0.15) is 23.7 Å². The number of carbonyl (C=O) groups excluding carboxylic acids is 2. The largest absolute Gasteiger partial charge is 0.381 e. The molecular weight excluding hydrogens is 768 g/mol. The van der Waals surface area contributed by atoms with Crippen LogP contribution in [-0.4, -0.2) is 57.9 Å². The Morgan fingerprint density at radius 3 is 2.29 bits per heavy atom. The third-order valence-corrected chi connectivity index (χ3v) is 9.19. The molecule has 5 aromatic rings. The minimum absolute atomic E-state index is 0.0174. The second kappa shape index (κ2) is 14.6. The zero-order chi connectivity index (χ0) is 41.1. The highest BCUT2D eigenvalue weighted by atomic mass is 35.5. The number of fused-ring (bicyclic) bond motifs is 2. The zero-order valence-corrected chi connectivity index (χ0v) is 31.2. The van der Waals surface area contributed by atoms with Crippen LogP contribution in [0.2, 0.25) is 5.02 Å². The summed E-state index contributed by atoms with van der Waals surface area (Å²) in [4.78, 5) is 31.5. The van der Waals surface area contributed by atoms with E-state index in [1.165, 1.54) is 57.6 Å². The number of pyridine rings is 1. The predicted molar refractivity (Wildman–Crippen MR) is 193 cm³/mol. The minimum Gasteiger partial charge on any atom is -0.381 e. The molecule has 3 aromatic heterocycles. The van der Waals surface area contributed by atoms with Crippen molar-refractivity contribution < 1.29 is 46.1 Å². The first-order valence-corrected chi connectivity index (χ1v) is 17.4. The molecule has 0 spiro atoms. The van der Waals surface area contributed by atoms with Crippen molar-refractivity contribution in [2.24, 2.45) is 7.05 Å². The first-order chi connectivity index (χ1) is 26.0. The fraction of sp³-hybridized carbons (Fsp3) is 0.342. The van der Waals surface area contributed by atoms with Gasteiger partial charge in [0.05, 0.1) is 27.7 Å². The Kier molecular flexibility index (Phi) is 10.5. The number of benzene rings is 2. The van der Waals surface area contributed by atoms with Gasteiger partial charge in [-0.25, -0.2) is 27.3 Å². The average molecular weight is 802 g/mol. The molecule has 0 radical (unpaired) electrons. The van der Waals surface area contributed by atoms with Crippen LogP contribution < -0.4 is 10.6 Å². The predicted octanol–water partition coefficient (Wildman–Crippen LogP) is 7.11. The Morgan fingerprint density at radius 1 is 1.00 bits per heavy atom. The van der Waals surface area contributed by atoms with Gasteiger partial charge in [0.2, 0.25) is 0 Å². The molecule has 0 saturated carbocycles. The van der Waals surface area contributed by atoms with Gasteiger partial charge in [-0.1, -0.05) is 23.6 Å². The van der Waals surface area contributed by atoms with Crippen LogP contribution in [0.4, 0.5) is 37.0 Å². The van der Waals surface area contributed by atoms with Crippen LogP contribution in [0.3, 0.4) is 0 Å². The van der Waals surface area contributed by atoms with Crippen molar-refractivity contribution in [3.63, 3.8) is 0 Å². The molecule has 3 heterocycles. The van der Waals surface area contributed by atoms with E-state index in [0.717, 1.165) is 12.1 Å². The normalized spacial score (nSPS) is 14.4. The molecule has 0 aliphatic heterocycles. The second-order valence-corrected chi connectivity index (χ2v) is 14.8. The van der Waals surface area contributed by atoms with E-state index in [0.29, 0.717) is 17.1 Å². The number of nitrogens with one attached hydrogen (secondary N) is 2. The lowest BCUT2D eigenvalue weighted by atomic mass is 9.93. The SMILES string of the molecule is Cn1nc(NC(=O)C(C)(C)O)c2c(Cl)ccc(-c3ccc(C#CC(C)(C)O)nc3C(Cc3cc(F)cc(F)c3)NC(=O)n3nc(C(F)F)c4c3C(F)(F)CC4)c21. The van der Waals surface area contributed by atoms with Gasteiger partial charge >= 0.3 is 6.03 Å². The Hall–Kier alpha value is -5.44. The van der Waals surface area contributed by atoms with Crippen LogP contribution in [-0.2, 0) is 30.6 Å². The lowest BCUT2D eigenvalue weighted by Crippen LogP contribution is -2.37. The number of aliphatic hydroxyl groups is 2. The number of carbonyl (C=O) groups is 2. The van der Waals surface area contributed by atoms with E-state index in [9.17, 15) is 37.4 Å². The van der Waals surface area contributed by atoms with E-state index >= 15 is 8.78 Å². The lowest BCUT2D eigenvalue weighted by Gasteiger charge is -2.23. The molecule has 1 aliphatic carbocycles. The number of aromatic nitrogens is 5. The van der Waals surface area contributed by atoms with Crippen molar-refractivity contribution in [2.45, 2.75) is 76.5 Å². The summed E-state index contributed by atoms with van der Waals surface area (Å²) in [6, 6.07) is 5.80. The van der Waals surface area contributed by atoms with Gasteiger partial charge < -0.3 is 20.8 Å². The van der Waals surface area contributed by atoms with Gasteiger partial charge in [0.15, 0.2) is 5.82 Å². The van der Waals surface area contributed by atoms with Gasteiger partial charge in [-0.3, -0.25) is 9.48 Å². The number of anilines is 1. The third kappa shape index (κ3) is 8.08. The third-order valence-electron chi connectivity index (χ3n) is 8.88. The number of hydrogen-bond acceptors (Lipinski definition) is 7. The summed E-state index contributed by atoms with van der Waals surface area (Å²) in [7, 11) is 1.53. The van der Waals surface area contributed by atoms with Gasteiger partial charge in [-0.05, 0) is 82.4 Å². The molecule has 1 unspecified atom stereocenters. The Bertz CT molecular complexity index is 2440. The Balaban J connectivity index is 1.59. The summed E-state index contributed by atoms with van der Waals surface area (Å²) in [6.07, 6.45) is -4.99. The molecule has 294 valence electrons. The number of rotatable bonds is 8. The number of alkyl halides is 4. The molecule has 2 aromatic carbocycles. The molecule has 0 fully saturated rings.